The summed E-state index contributed by atoms with van der Waals surface area (Å²) in [6.07, 6.45) is 5.97. The first-order valence-corrected chi connectivity index (χ1v) is 8.25. The topological polar surface area (TPSA) is 33.1 Å². The Balaban J connectivity index is 1.97. The predicted molar refractivity (Wildman–Crippen MR) is 97.9 cm³/mol. The van der Waals surface area contributed by atoms with Gasteiger partial charge in [0, 0.05) is 17.5 Å². The third-order valence-corrected chi connectivity index (χ3v) is 4.54. The summed E-state index contributed by atoms with van der Waals surface area (Å²) in [7, 11) is 0. The second kappa shape index (κ2) is 5.97. The third kappa shape index (κ3) is 2.71. The molecule has 3 aromatic rings. The van der Waals surface area contributed by atoms with Crippen LogP contribution < -0.4 is 0 Å². The highest BCUT2D eigenvalue weighted by Gasteiger charge is 2.18. The molecule has 0 amide bonds. The summed E-state index contributed by atoms with van der Waals surface area (Å²) in [5.41, 5.74) is 8.39. The Morgan fingerprint density at radius 2 is 1.88 bits per heavy atom. The van der Waals surface area contributed by atoms with Crippen molar-refractivity contribution in [2.45, 2.75) is 19.8 Å². The van der Waals surface area contributed by atoms with E-state index in [1.54, 1.807) is 12.1 Å². The standard InChI is InChI=1S/C22H19NO/c1-15-7-9-19-17(12-15)8-10-22-20(6-3-11-23-22)21(19)14-16-4-2-5-18(24)13-16/h2-7,9,11-14,24H,8,10H2,1H3/b21-14+. The lowest BCUT2D eigenvalue weighted by molar-refractivity contribution is 0.475. The van der Waals surface area contributed by atoms with Gasteiger partial charge in [-0.25, -0.2) is 0 Å². The van der Waals surface area contributed by atoms with Crippen LogP contribution in [0.4, 0.5) is 0 Å². The summed E-state index contributed by atoms with van der Waals surface area (Å²) in [5.74, 6) is 0.286. The summed E-state index contributed by atoms with van der Waals surface area (Å²) in [6, 6.07) is 18.2. The van der Waals surface area contributed by atoms with Crippen LogP contribution in [-0.2, 0) is 12.8 Å². The molecule has 118 valence electrons. The van der Waals surface area contributed by atoms with Crippen LogP contribution in [0.3, 0.4) is 0 Å². The van der Waals surface area contributed by atoms with Gasteiger partial charge in [-0.05, 0) is 66.3 Å². The number of benzene rings is 2. The molecular formula is C22H19NO. The van der Waals surface area contributed by atoms with Crippen LogP contribution in [0.5, 0.6) is 5.75 Å². The molecule has 0 bridgehead atoms. The SMILES string of the molecule is Cc1ccc2c(c1)CCc1ncccc1/C2=C/c1cccc(O)c1. The maximum absolute atomic E-state index is 9.78. The molecule has 2 heteroatoms. The Morgan fingerprint density at radius 1 is 0.958 bits per heavy atom. The summed E-state index contributed by atoms with van der Waals surface area (Å²) in [4.78, 5) is 4.60. The van der Waals surface area contributed by atoms with Crippen molar-refractivity contribution in [3.05, 3.63) is 94.3 Å². The minimum Gasteiger partial charge on any atom is -0.508 e. The van der Waals surface area contributed by atoms with Gasteiger partial charge in [0.1, 0.15) is 5.75 Å². The highest BCUT2D eigenvalue weighted by Crippen LogP contribution is 2.34. The van der Waals surface area contributed by atoms with Crippen LogP contribution >= 0.6 is 0 Å². The first-order chi connectivity index (χ1) is 11.7. The molecular weight excluding hydrogens is 294 g/mol. The molecule has 2 aromatic carbocycles. The van der Waals surface area contributed by atoms with Crippen LogP contribution in [0.1, 0.15) is 33.5 Å². The third-order valence-electron chi connectivity index (χ3n) is 4.54. The molecule has 24 heavy (non-hydrogen) atoms. The Kier molecular flexibility index (Phi) is 3.66. The van der Waals surface area contributed by atoms with Gasteiger partial charge in [0.25, 0.3) is 0 Å². The Bertz CT molecular complexity index is 940. The highest BCUT2D eigenvalue weighted by molar-refractivity contribution is 5.93. The molecule has 0 saturated carbocycles. The highest BCUT2D eigenvalue weighted by atomic mass is 16.3. The van der Waals surface area contributed by atoms with Gasteiger partial charge >= 0.3 is 0 Å². The molecule has 1 heterocycles. The van der Waals surface area contributed by atoms with Crippen molar-refractivity contribution >= 4 is 11.6 Å². The maximum atomic E-state index is 9.78. The van der Waals surface area contributed by atoms with Crippen LogP contribution in [0.15, 0.2) is 60.8 Å². The number of fused-ring (bicyclic) bond motifs is 2. The monoisotopic (exact) mass is 313 g/mol. The average molecular weight is 313 g/mol. The molecule has 2 nitrogen and oxygen atoms in total. The number of phenolic OH excluding ortho intramolecular Hbond substituents is 1. The number of nitrogens with zero attached hydrogens (tertiary/aromatic N) is 1. The molecule has 0 radical (unpaired) electrons. The largest absolute Gasteiger partial charge is 0.508 e. The van der Waals surface area contributed by atoms with Crippen molar-refractivity contribution < 1.29 is 5.11 Å². The van der Waals surface area contributed by atoms with Crippen LogP contribution in [0.25, 0.3) is 11.6 Å². The molecule has 0 spiro atoms. The number of hydrogen-bond donors (Lipinski definition) is 1. The lowest BCUT2D eigenvalue weighted by Gasteiger charge is -2.12. The predicted octanol–water partition coefficient (Wildman–Crippen LogP) is 4.78. The van der Waals surface area contributed by atoms with Gasteiger partial charge in [-0.2, -0.15) is 0 Å². The molecule has 1 N–H and O–H groups in total. The van der Waals surface area contributed by atoms with Gasteiger partial charge in [-0.1, -0.05) is 42.0 Å². The number of aromatic hydroxyl groups is 1. The Labute approximate surface area is 142 Å². The fraction of sp³-hybridized carbons (Fsp3) is 0.136. The normalized spacial score (nSPS) is 14.8. The molecule has 0 aliphatic heterocycles. The van der Waals surface area contributed by atoms with Crippen molar-refractivity contribution in [1.29, 1.82) is 0 Å². The quantitative estimate of drug-likeness (QED) is 0.701. The molecule has 0 unspecified atom stereocenters. The van der Waals surface area contributed by atoms with Crippen molar-refractivity contribution in [1.82, 2.24) is 4.98 Å². The zero-order valence-corrected chi connectivity index (χ0v) is 13.7. The zero-order chi connectivity index (χ0) is 16.5. The smallest absolute Gasteiger partial charge is 0.116 e. The van der Waals surface area contributed by atoms with E-state index in [2.05, 4.69) is 42.2 Å². The van der Waals surface area contributed by atoms with E-state index in [0.717, 1.165) is 24.1 Å². The summed E-state index contributed by atoms with van der Waals surface area (Å²) < 4.78 is 0. The molecule has 1 aliphatic carbocycles. The number of aromatic nitrogens is 1. The van der Waals surface area contributed by atoms with Gasteiger partial charge in [0.2, 0.25) is 0 Å². The van der Waals surface area contributed by atoms with E-state index in [-0.39, 0.29) is 5.75 Å². The van der Waals surface area contributed by atoms with E-state index >= 15 is 0 Å². The number of pyridine rings is 1. The number of phenols is 1. The van der Waals surface area contributed by atoms with E-state index in [4.69, 9.17) is 0 Å². The molecule has 0 saturated heterocycles. The fourth-order valence-corrected chi connectivity index (χ4v) is 3.41. The van der Waals surface area contributed by atoms with E-state index in [1.807, 2.05) is 24.4 Å². The van der Waals surface area contributed by atoms with Gasteiger partial charge in [0.05, 0.1) is 0 Å². The first kappa shape index (κ1) is 14.7. The second-order valence-electron chi connectivity index (χ2n) is 6.31. The fourth-order valence-electron chi connectivity index (χ4n) is 3.41. The Morgan fingerprint density at radius 3 is 2.75 bits per heavy atom. The first-order valence-electron chi connectivity index (χ1n) is 8.25. The Hall–Kier alpha value is -2.87. The van der Waals surface area contributed by atoms with Gasteiger partial charge in [0.15, 0.2) is 0 Å². The molecule has 0 fully saturated rings. The minimum absolute atomic E-state index is 0.286. The van der Waals surface area contributed by atoms with Gasteiger partial charge < -0.3 is 5.11 Å². The summed E-state index contributed by atoms with van der Waals surface area (Å²) in [6.45, 7) is 2.13. The zero-order valence-electron chi connectivity index (χ0n) is 13.7. The van der Waals surface area contributed by atoms with Gasteiger partial charge in [-0.3, -0.25) is 4.98 Å². The lowest BCUT2D eigenvalue weighted by Crippen LogP contribution is -1.95. The van der Waals surface area contributed by atoms with Crippen molar-refractivity contribution in [3.8, 4) is 5.75 Å². The van der Waals surface area contributed by atoms with Crippen LogP contribution in [0, 0.1) is 6.92 Å². The van der Waals surface area contributed by atoms with E-state index in [9.17, 15) is 5.11 Å². The number of hydrogen-bond acceptors (Lipinski definition) is 2. The molecule has 1 aliphatic rings. The lowest BCUT2D eigenvalue weighted by atomic mass is 9.92. The molecule has 1 aromatic heterocycles. The van der Waals surface area contributed by atoms with Gasteiger partial charge in [-0.15, -0.1) is 0 Å². The molecule has 0 atom stereocenters. The van der Waals surface area contributed by atoms with Crippen LogP contribution in [-0.4, -0.2) is 10.1 Å². The average Bonchev–Trinajstić information content (AvgIpc) is 2.73. The van der Waals surface area contributed by atoms with E-state index in [0.29, 0.717) is 0 Å². The van der Waals surface area contributed by atoms with E-state index < -0.39 is 0 Å². The maximum Gasteiger partial charge on any atom is 0.116 e. The van der Waals surface area contributed by atoms with E-state index in [1.165, 1.54) is 27.8 Å². The van der Waals surface area contributed by atoms with Crippen molar-refractivity contribution in [2.75, 3.05) is 0 Å². The number of rotatable bonds is 1. The minimum atomic E-state index is 0.286. The summed E-state index contributed by atoms with van der Waals surface area (Å²) >= 11 is 0. The number of aryl methyl sites for hydroxylation is 3. The summed E-state index contributed by atoms with van der Waals surface area (Å²) in [5, 5.41) is 9.78. The van der Waals surface area contributed by atoms with Crippen molar-refractivity contribution in [3.63, 3.8) is 0 Å². The van der Waals surface area contributed by atoms with Crippen LogP contribution in [0.2, 0.25) is 0 Å². The van der Waals surface area contributed by atoms with Crippen molar-refractivity contribution in [2.24, 2.45) is 0 Å². The second-order valence-corrected chi connectivity index (χ2v) is 6.31. The molecule has 4 rings (SSSR count).